The van der Waals surface area contributed by atoms with Crippen LogP contribution in [0.25, 0.3) is 0 Å². The van der Waals surface area contributed by atoms with E-state index < -0.39 is 12.1 Å². The third kappa shape index (κ3) is 1.93. The Morgan fingerprint density at radius 3 is 2.93 bits per heavy atom. The van der Waals surface area contributed by atoms with Gasteiger partial charge in [-0.05, 0) is 6.07 Å². The van der Waals surface area contributed by atoms with E-state index in [-0.39, 0.29) is 6.54 Å². The van der Waals surface area contributed by atoms with Crippen molar-refractivity contribution in [3.05, 3.63) is 23.5 Å². The molecule has 0 aliphatic rings. The predicted molar refractivity (Wildman–Crippen MR) is 49.7 cm³/mol. The fraction of sp³-hybridized carbons (Fsp3) is 0.444. The van der Waals surface area contributed by atoms with Crippen molar-refractivity contribution < 1.29 is 13.9 Å². The predicted octanol–water partition coefficient (Wildman–Crippen LogP) is 0.781. The number of methoxy groups -OCH3 is 1. The first-order valence-electron chi connectivity index (χ1n) is 4.18. The Hall–Kier alpha value is -1.36. The first-order valence-corrected chi connectivity index (χ1v) is 4.18. The fourth-order valence-electron chi connectivity index (χ4n) is 1.20. The monoisotopic (exact) mass is 200 g/mol. The molecule has 4 nitrogen and oxygen atoms in total. The van der Waals surface area contributed by atoms with Crippen molar-refractivity contribution in [2.75, 3.05) is 13.7 Å². The van der Waals surface area contributed by atoms with E-state index in [9.17, 15) is 9.18 Å². The number of aromatic nitrogens is 1. The topological polar surface area (TPSA) is 57.2 Å². The molecule has 1 aromatic heterocycles. The number of aryl methyl sites for hydroxylation is 1. The molecule has 1 heterocycles. The zero-order chi connectivity index (χ0) is 10.7. The lowest BCUT2D eigenvalue weighted by atomic mass is 10.2. The van der Waals surface area contributed by atoms with Gasteiger partial charge in [0.25, 0.3) is 0 Å². The summed E-state index contributed by atoms with van der Waals surface area (Å²) in [5.41, 5.74) is 5.89. The van der Waals surface area contributed by atoms with E-state index in [4.69, 9.17) is 5.73 Å². The molecule has 1 aromatic rings. The van der Waals surface area contributed by atoms with E-state index in [1.807, 2.05) is 0 Å². The van der Waals surface area contributed by atoms with Crippen molar-refractivity contribution in [3.8, 4) is 0 Å². The highest BCUT2D eigenvalue weighted by molar-refractivity contribution is 5.87. The highest BCUT2D eigenvalue weighted by atomic mass is 19.1. The second-order valence-electron chi connectivity index (χ2n) is 2.96. The van der Waals surface area contributed by atoms with Crippen molar-refractivity contribution in [3.63, 3.8) is 0 Å². The Kier molecular flexibility index (Phi) is 3.24. The quantitative estimate of drug-likeness (QED) is 0.733. The number of hydrogen-bond acceptors (Lipinski definition) is 3. The van der Waals surface area contributed by atoms with Crippen LogP contribution >= 0.6 is 0 Å². The van der Waals surface area contributed by atoms with Crippen LogP contribution < -0.4 is 5.73 Å². The van der Waals surface area contributed by atoms with Gasteiger partial charge in [0.2, 0.25) is 0 Å². The van der Waals surface area contributed by atoms with Crippen LogP contribution in [-0.4, -0.2) is 24.2 Å². The van der Waals surface area contributed by atoms with E-state index in [2.05, 4.69) is 4.74 Å². The van der Waals surface area contributed by atoms with Gasteiger partial charge in [0.05, 0.1) is 7.11 Å². The van der Waals surface area contributed by atoms with E-state index in [1.165, 1.54) is 23.9 Å². The van der Waals surface area contributed by atoms with Crippen molar-refractivity contribution in [2.45, 2.75) is 6.17 Å². The van der Waals surface area contributed by atoms with Gasteiger partial charge in [-0.25, -0.2) is 9.18 Å². The van der Waals surface area contributed by atoms with Gasteiger partial charge in [0, 0.05) is 25.4 Å². The molecule has 0 bridgehead atoms. The third-order valence-corrected chi connectivity index (χ3v) is 1.99. The molecule has 0 aliphatic heterocycles. The molecule has 0 radical (unpaired) electrons. The summed E-state index contributed by atoms with van der Waals surface area (Å²) in [6.07, 6.45) is 0.295. The molecule has 14 heavy (non-hydrogen) atoms. The first-order chi connectivity index (χ1) is 6.60. The Morgan fingerprint density at radius 2 is 2.43 bits per heavy atom. The van der Waals surface area contributed by atoms with Crippen molar-refractivity contribution >= 4 is 5.97 Å². The van der Waals surface area contributed by atoms with Gasteiger partial charge < -0.3 is 15.0 Å². The summed E-state index contributed by atoms with van der Waals surface area (Å²) in [5, 5.41) is 0. The fourth-order valence-corrected chi connectivity index (χ4v) is 1.20. The molecule has 0 aliphatic carbocycles. The zero-order valence-electron chi connectivity index (χ0n) is 8.16. The normalized spacial score (nSPS) is 12.6. The summed E-state index contributed by atoms with van der Waals surface area (Å²) in [7, 11) is 2.93. The number of carbonyl (C=O) groups is 1. The van der Waals surface area contributed by atoms with E-state index in [0.717, 1.165) is 0 Å². The van der Waals surface area contributed by atoms with Crippen LogP contribution in [0, 0.1) is 0 Å². The Bertz CT molecular complexity index is 336. The van der Waals surface area contributed by atoms with Gasteiger partial charge in [0.15, 0.2) is 0 Å². The lowest BCUT2D eigenvalue weighted by Gasteiger charge is -1.99. The molecule has 1 unspecified atom stereocenters. The minimum atomic E-state index is -1.24. The number of esters is 1. The highest BCUT2D eigenvalue weighted by Crippen LogP contribution is 2.18. The number of halogens is 1. The summed E-state index contributed by atoms with van der Waals surface area (Å²) in [6, 6.07) is 1.45. The molecule has 1 rings (SSSR count). The van der Waals surface area contributed by atoms with E-state index in [0.29, 0.717) is 11.3 Å². The van der Waals surface area contributed by atoms with Gasteiger partial charge in [-0.3, -0.25) is 0 Å². The molecule has 5 heteroatoms. The molecule has 78 valence electrons. The van der Waals surface area contributed by atoms with Crippen LogP contribution in [0.1, 0.15) is 22.2 Å². The largest absolute Gasteiger partial charge is 0.464 e. The SMILES string of the molecule is COC(=O)c1cc(C(F)CN)cn1C. The van der Waals surface area contributed by atoms with Gasteiger partial charge in [-0.2, -0.15) is 0 Å². The average Bonchev–Trinajstić information content (AvgIpc) is 2.58. The van der Waals surface area contributed by atoms with Gasteiger partial charge in [-0.1, -0.05) is 0 Å². The Balaban J connectivity index is 2.98. The Morgan fingerprint density at radius 1 is 1.79 bits per heavy atom. The molecule has 0 fully saturated rings. The molecule has 2 N–H and O–H groups in total. The maximum absolute atomic E-state index is 13.1. The minimum Gasteiger partial charge on any atom is -0.464 e. The van der Waals surface area contributed by atoms with Crippen molar-refractivity contribution in [2.24, 2.45) is 12.8 Å². The number of alkyl halides is 1. The molecule has 0 amide bonds. The second-order valence-corrected chi connectivity index (χ2v) is 2.96. The van der Waals surface area contributed by atoms with Gasteiger partial charge >= 0.3 is 5.97 Å². The third-order valence-electron chi connectivity index (χ3n) is 1.99. The highest BCUT2D eigenvalue weighted by Gasteiger charge is 2.16. The lowest BCUT2D eigenvalue weighted by molar-refractivity contribution is 0.0590. The van der Waals surface area contributed by atoms with Gasteiger partial charge in [-0.15, -0.1) is 0 Å². The number of nitrogens with zero attached hydrogens (tertiary/aromatic N) is 1. The molecule has 1 atom stereocenters. The van der Waals surface area contributed by atoms with E-state index >= 15 is 0 Å². The minimum absolute atomic E-state index is 0.0926. The summed E-state index contributed by atoms with van der Waals surface area (Å²) in [6.45, 7) is -0.0926. The smallest absolute Gasteiger partial charge is 0.354 e. The summed E-state index contributed by atoms with van der Waals surface area (Å²) < 4.78 is 19.2. The average molecular weight is 200 g/mol. The van der Waals surface area contributed by atoms with Gasteiger partial charge in [0.1, 0.15) is 11.9 Å². The van der Waals surface area contributed by atoms with Crippen LogP contribution in [0.2, 0.25) is 0 Å². The van der Waals surface area contributed by atoms with Crippen LogP contribution in [0.4, 0.5) is 4.39 Å². The standard InChI is InChI=1S/C9H13FN2O2/c1-12-5-6(7(10)4-11)3-8(12)9(13)14-2/h3,5,7H,4,11H2,1-2H3. The number of hydrogen-bond donors (Lipinski definition) is 1. The van der Waals surface area contributed by atoms with Crippen LogP contribution in [0.3, 0.4) is 0 Å². The van der Waals surface area contributed by atoms with Crippen LogP contribution in [0.15, 0.2) is 12.3 Å². The number of carbonyl (C=O) groups excluding carboxylic acids is 1. The maximum atomic E-state index is 13.1. The molecule has 0 aromatic carbocycles. The number of ether oxygens (including phenoxy) is 1. The summed E-state index contributed by atoms with van der Waals surface area (Å²) in [4.78, 5) is 11.2. The number of nitrogens with two attached hydrogens (primary N) is 1. The second kappa shape index (κ2) is 4.23. The molecular weight excluding hydrogens is 187 g/mol. The van der Waals surface area contributed by atoms with Crippen LogP contribution in [-0.2, 0) is 11.8 Å². The van der Waals surface area contributed by atoms with Crippen molar-refractivity contribution in [1.29, 1.82) is 0 Å². The Labute approximate surface area is 81.5 Å². The number of rotatable bonds is 3. The lowest BCUT2D eigenvalue weighted by Crippen LogP contribution is -2.06. The summed E-state index contributed by atoms with van der Waals surface area (Å²) >= 11 is 0. The molecular formula is C9H13FN2O2. The van der Waals surface area contributed by atoms with E-state index in [1.54, 1.807) is 7.05 Å². The molecule has 0 spiro atoms. The van der Waals surface area contributed by atoms with Crippen molar-refractivity contribution in [1.82, 2.24) is 4.57 Å². The maximum Gasteiger partial charge on any atom is 0.354 e. The van der Waals surface area contributed by atoms with Crippen LogP contribution in [0.5, 0.6) is 0 Å². The molecule has 0 saturated carbocycles. The summed E-state index contributed by atoms with van der Waals surface area (Å²) in [5.74, 6) is -0.483. The first kappa shape index (κ1) is 10.7. The zero-order valence-corrected chi connectivity index (χ0v) is 8.16. The molecule has 0 saturated heterocycles.